The summed E-state index contributed by atoms with van der Waals surface area (Å²) >= 11 is 5.86. The van der Waals surface area contributed by atoms with E-state index in [1.54, 1.807) is 19.2 Å². The number of hydrogen-bond donors (Lipinski definition) is 1. The monoisotopic (exact) mass is 437 g/mol. The summed E-state index contributed by atoms with van der Waals surface area (Å²) in [6, 6.07) is 6.07. The highest BCUT2D eigenvalue weighted by Gasteiger charge is 2.32. The number of aryl methyl sites for hydroxylation is 1. The van der Waals surface area contributed by atoms with E-state index in [1.807, 2.05) is 0 Å². The summed E-state index contributed by atoms with van der Waals surface area (Å²) in [5.41, 5.74) is -0.410. The summed E-state index contributed by atoms with van der Waals surface area (Å²) in [6.45, 7) is 0.640. The van der Waals surface area contributed by atoms with E-state index >= 15 is 0 Å². The number of fused-ring (bicyclic) bond motifs is 1. The highest BCUT2D eigenvalue weighted by atomic mass is 35.5. The Balaban J connectivity index is 1.69. The Morgan fingerprint density at radius 2 is 1.83 bits per heavy atom. The maximum Gasteiger partial charge on any atom is 0.332 e. The quantitative estimate of drug-likeness (QED) is 0.661. The van der Waals surface area contributed by atoms with Gasteiger partial charge in [-0.3, -0.25) is 13.9 Å². The second-order valence-electron chi connectivity index (χ2n) is 7.18. The molecule has 0 amide bonds. The molecule has 0 spiro atoms. The molecule has 1 N–H and O–H groups in total. The molecule has 0 bridgehead atoms. The van der Waals surface area contributed by atoms with Crippen molar-refractivity contribution in [1.29, 1.82) is 0 Å². The number of sulfonamides is 1. The molecule has 1 aromatic carbocycles. The Labute approximate surface area is 171 Å². The molecule has 1 unspecified atom stereocenters. The Hall–Kier alpha value is -2.43. The van der Waals surface area contributed by atoms with Crippen LogP contribution >= 0.6 is 11.6 Å². The zero-order valence-corrected chi connectivity index (χ0v) is 17.5. The van der Waals surface area contributed by atoms with Crippen molar-refractivity contribution in [3.63, 3.8) is 0 Å². The topological polar surface area (TPSA) is 110 Å². The van der Waals surface area contributed by atoms with Crippen molar-refractivity contribution >= 4 is 32.8 Å². The Bertz CT molecular complexity index is 1310. The van der Waals surface area contributed by atoms with Crippen LogP contribution in [0.5, 0.6) is 0 Å². The van der Waals surface area contributed by atoms with E-state index in [2.05, 4.69) is 9.97 Å². The fraction of sp³-hybridized carbons (Fsp3) is 0.389. The first-order valence-corrected chi connectivity index (χ1v) is 10.9. The number of aromatic amines is 1. The lowest BCUT2D eigenvalue weighted by Gasteiger charge is -2.31. The molecule has 1 atom stereocenters. The molecular weight excluding hydrogens is 418 g/mol. The smallest absolute Gasteiger partial charge is 0.332 e. The lowest BCUT2D eigenvalue weighted by molar-refractivity contribution is 0.310. The van der Waals surface area contributed by atoms with Crippen LogP contribution in [0.3, 0.4) is 0 Å². The predicted octanol–water partition coefficient (Wildman–Crippen LogP) is 1.18. The first kappa shape index (κ1) is 19.9. The maximum atomic E-state index is 13.0. The van der Waals surface area contributed by atoms with Gasteiger partial charge in [0, 0.05) is 38.1 Å². The van der Waals surface area contributed by atoms with Crippen LogP contribution in [0, 0.1) is 0 Å². The number of rotatable bonds is 3. The minimum absolute atomic E-state index is 0.184. The highest BCUT2D eigenvalue weighted by molar-refractivity contribution is 7.89. The number of nitrogens with one attached hydrogen (secondary N) is 1. The molecule has 1 aliphatic heterocycles. The van der Waals surface area contributed by atoms with Gasteiger partial charge in [-0.25, -0.2) is 18.2 Å². The maximum absolute atomic E-state index is 13.0. The first-order chi connectivity index (χ1) is 13.7. The Kier molecular flexibility index (Phi) is 4.88. The second kappa shape index (κ2) is 7.12. The number of H-pyrrole nitrogens is 1. The summed E-state index contributed by atoms with van der Waals surface area (Å²) in [7, 11) is -0.711. The SMILES string of the molecule is Cn1c(=O)c2[nH]c(C3CCCN(S(=O)(=O)c4ccc(Cl)cc4)C3)nc2n(C)c1=O. The molecule has 29 heavy (non-hydrogen) atoms. The number of hydrogen-bond acceptors (Lipinski definition) is 5. The summed E-state index contributed by atoms with van der Waals surface area (Å²) in [5, 5.41) is 0.468. The van der Waals surface area contributed by atoms with Gasteiger partial charge in [0.05, 0.1) is 4.90 Å². The lowest BCUT2D eigenvalue weighted by atomic mass is 9.99. The summed E-state index contributed by atoms with van der Waals surface area (Å²) in [6.07, 6.45) is 1.38. The van der Waals surface area contributed by atoms with Crippen molar-refractivity contribution < 1.29 is 8.42 Å². The van der Waals surface area contributed by atoms with E-state index in [9.17, 15) is 18.0 Å². The molecule has 0 radical (unpaired) electrons. The van der Waals surface area contributed by atoms with Crippen LogP contribution in [0.15, 0.2) is 38.8 Å². The van der Waals surface area contributed by atoms with Gasteiger partial charge in [0.2, 0.25) is 10.0 Å². The van der Waals surface area contributed by atoms with E-state index in [4.69, 9.17) is 11.6 Å². The summed E-state index contributed by atoms with van der Waals surface area (Å²) < 4.78 is 29.7. The molecule has 3 heterocycles. The average Bonchev–Trinajstić information content (AvgIpc) is 3.17. The van der Waals surface area contributed by atoms with Crippen LogP contribution in [0.2, 0.25) is 5.02 Å². The van der Waals surface area contributed by atoms with Gasteiger partial charge in [0.25, 0.3) is 5.56 Å². The number of halogens is 1. The van der Waals surface area contributed by atoms with Crippen LogP contribution in [-0.4, -0.2) is 44.9 Å². The number of aromatic nitrogens is 4. The van der Waals surface area contributed by atoms with Crippen molar-refractivity contribution in [3.8, 4) is 0 Å². The molecule has 1 aliphatic rings. The van der Waals surface area contributed by atoms with Crippen molar-refractivity contribution in [1.82, 2.24) is 23.4 Å². The molecule has 9 nitrogen and oxygen atoms in total. The number of piperidine rings is 1. The van der Waals surface area contributed by atoms with Gasteiger partial charge in [-0.15, -0.1) is 0 Å². The van der Waals surface area contributed by atoms with Crippen LogP contribution < -0.4 is 11.2 Å². The van der Waals surface area contributed by atoms with Crippen LogP contribution in [0.4, 0.5) is 0 Å². The van der Waals surface area contributed by atoms with Crippen LogP contribution in [0.25, 0.3) is 11.2 Å². The number of nitrogens with zero attached hydrogens (tertiary/aromatic N) is 4. The first-order valence-electron chi connectivity index (χ1n) is 9.11. The van der Waals surface area contributed by atoms with E-state index in [-0.39, 0.29) is 28.5 Å². The van der Waals surface area contributed by atoms with Crippen molar-refractivity contribution in [2.75, 3.05) is 13.1 Å². The zero-order chi connectivity index (χ0) is 20.9. The molecule has 3 aromatic rings. The molecule has 2 aromatic heterocycles. The third-order valence-corrected chi connectivity index (χ3v) is 7.47. The minimum atomic E-state index is -3.67. The van der Waals surface area contributed by atoms with Crippen molar-refractivity contribution in [3.05, 3.63) is 56.0 Å². The van der Waals surface area contributed by atoms with E-state index in [0.717, 1.165) is 11.0 Å². The van der Waals surface area contributed by atoms with Gasteiger partial charge < -0.3 is 4.98 Å². The molecule has 154 valence electrons. The van der Waals surface area contributed by atoms with Gasteiger partial charge in [0.1, 0.15) is 11.3 Å². The Morgan fingerprint density at radius 3 is 2.52 bits per heavy atom. The normalized spacial score (nSPS) is 18.4. The highest BCUT2D eigenvalue weighted by Crippen LogP contribution is 2.29. The standard InChI is InChI=1S/C18H20ClN5O4S/c1-22-16-14(17(25)23(2)18(22)26)20-15(21-16)11-4-3-9-24(10-11)29(27,28)13-7-5-12(19)6-8-13/h5-8,11H,3-4,9-10H2,1-2H3,(H,20,21). The number of benzene rings is 1. The summed E-state index contributed by atoms with van der Waals surface area (Å²) in [5.74, 6) is 0.298. The molecule has 11 heteroatoms. The van der Waals surface area contributed by atoms with E-state index in [1.165, 1.54) is 28.1 Å². The predicted molar refractivity (Wildman–Crippen MR) is 109 cm³/mol. The molecule has 0 aliphatic carbocycles. The molecule has 1 fully saturated rings. The van der Waals surface area contributed by atoms with Crippen LogP contribution in [-0.2, 0) is 24.1 Å². The Morgan fingerprint density at radius 1 is 1.14 bits per heavy atom. The minimum Gasteiger partial charge on any atom is -0.336 e. The fourth-order valence-electron chi connectivity index (χ4n) is 3.68. The average molecular weight is 438 g/mol. The molecule has 4 rings (SSSR count). The molecule has 1 saturated heterocycles. The fourth-order valence-corrected chi connectivity index (χ4v) is 5.33. The van der Waals surface area contributed by atoms with E-state index < -0.39 is 21.3 Å². The zero-order valence-electron chi connectivity index (χ0n) is 15.9. The molecule has 0 saturated carbocycles. The van der Waals surface area contributed by atoms with Gasteiger partial charge in [-0.05, 0) is 37.1 Å². The van der Waals surface area contributed by atoms with E-state index in [0.29, 0.717) is 23.8 Å². The second-order valence-corrected chi connectivity index (χ2v) is 9.56. The molecular formula is C18H20ClN5O4S. The van der Waals surface area contributed by atoms with Gasteiger partial charge in [-0.1, -0.05) is 11.6 Å². The van der Waals surface area contributed by atoms with Gasteiger partial charge in [-0.2, -0.15) is 4.31 Å². The van der Waals surface area contributed by atoms with Crippen LogP contribution in [0.1, 0.15) is 24.6 Å². The summed E-state index contributed by atoms with van der Waals surface area (Å²) in [4.78, 5) is 32.2. The third-order valence-electron chi connectivity index (χ3n) is 5.34. The lowest BCUT2D eigenvalue weighted by Crippen LogP contribution is -2.39. The van der Waals surface area contributed by atoms with Gasteiger partial charge in [0.15, 0.2) is 5.65 Å². The van der Waals surface area contributed by atoms with Crippen molar-refractivity contribution in [2.24, 2.45) is 14.1 Å². The number of imidazole rings is 1. The third kappa shape index (κ3) is 3.30. The van der Waals surface area contributed by atoms with Crippen molar-refractivity contribution in [2.45, 2.75) is 23.7 Å². The largest absolute Gasteiger partial charge is 0.336 e. The van der Waals surface area contributed by atoms with Gasteiger partial charge >= 0.3 is 5.69 Å².